The molecule has 0 radical (unpaired) electrons. The summed E-state index contributed by atoms with van der Waals surface area (Å²) >= 11 is 0. The van der Waals surface area contributed by atoms with Crippen LogP contribution in [0.2, 0.25) is 0 Å². The quantitative estimate of drug-likeness (QED) is 0.858. The van der Waals surface area contributed by atoms with E-state index in [1.165, 1.54) is 0 Å². The Hall–Kier alpha value is -2.16. The average molecular weight is 226 g/mol. The molecule has 86 valence electrons. The Balaban J connectivity index is 1.94. The van der Waals surface area contributed by atoms with E-state index in [2.05, 4.69) is 10.3 Å². The van der Waals surface area contributed by atoms with Gasteiger partial charge in [-0.2, -0.15) is 0 Å². The van der Waals surface area contributed by atoms with Gasteiger partial charge in [-0.1, -0.05) is 30.4 Å². The molecule has 3 nitrogen and oxygen atoms in total. The zero-order valence-electron chi connectivity index (χ0n) is 9.47. The van der Waals surface area contributed by atoms with Crippen LogP contribution in [0.25, 0.3) is 0 Å². The number of nitrogens with one attached hydrogen (secondary N) is 1. The van der Waals surface area contributed by atoms with E-state index in [4.69, 9.17) is 0 Å². The Morgan fingerprint density at radius 3 is 3.12 bits per heavy atom. The van der Waals surface area contributed by atoms with Gasteiger partial charge in [0, 0.05) is 11.8 Å². The summed E-state index contributed by atoms with van der Waals surface area (Å²) in [4.78, 5) is 16.0. The van der Waals surface area contributed by atoms with Gasteiger partial charge < -0.3 is 5.32 Å². The third-order valence-corrected chi connectivity index (χ3v) is 2.40. The van der Waals surface area contributed by atoms with Crippen LogP contribution in [-0.4, -0.2) is 10.9 Å². The predicted octanol–water partition coefficient (Wildman–Crippen LogP) is 2.14. The Bertz CT molecular complexity index is 472. The molecular weight excluding hydrogens is 212 g/mol. The fourth-order valence-electron chi connectivity index (χ4n) is 1.51. The van der Waals surface area contributed by atoms with E-state index in [1.54, 1.807) is 6.20 Å². The van der Waals surface area contributed by atoms with Crippen LogP contribution < -0.4 is 5.32 Å². The fourth-order valence-corrected chi connectivity index (χ4v) is 1.51. The third kappa shape index (κ3) is 3.41. The summed E-state index contributed by atoms with van der Waals surface area (Å²) in [6.07, 6.45) is 12.1. The van der Waals surface area contributed by atoms with Crippen molar-refractivity contribution < 1.29 is 4.79 Å². The van der Waals surface area contributed by atoms with Gasteiger partial charge >= 0.3 is 0 Å². The Kier molecular flexibility index (Phi) is 3.86. The fraction of sp³-hybridized carbons (Fsp3) is 0.143. The molecule has 1 heterocycles. The average Bonchev–Trinajstić information content (AvgIpc) is 2.66. The summed E-state index contributed by atoms with van der Waals surface area (Å²) in [5.74, 6) is -0.0709. The monoisotopic (exact) mass is 226 g/mol. The number of amides is 1. The molecule has 0 saturated carbocycles. The molecule has 0 saturated heterocycles. The van der Waals surface area contributed by atoms with Crippen molar-refractivity contribution in [3.63, 3.8) is 0 Å². The zero-order chi connectivity index (χ0) is 11.9. The molecular formula is C14H14N2O. The maximum Gasteiger partial charge on any atom is 0.251 e. The number of aromatic nitrogens is 1. The van der Waals surface area contributed by atoms with E-state index >= 15 is 0 Å². The van der Waals surface area contributed by atoms with E-state index in [1.807, 2.05) is 48.6 Å². The van der Waals surface area contributed by atoms with Crippen LogP contribution in [0.1, 0.15) is 12.1 Å². The van der Waals surface area contributed by atoms with Crippen molar-refractivity contribution in [2.75, 3.05) is 0 Å². The number of hydrogen-bond donors (Lipinski definition) is 1. The molecule has 0 aromatic carbocycles. The molecule has 0 aliphatic heterocycles. The second-order valence-corrected chi connectivity index (χ2v) is 3.69. The summed E-state index contributed by atoms with van der Waals surface area (Å²) < 4.78 is 0. The smallest absolute Gasteiger partial charge is 0.251 e. The summed E-state index contributed by atoms with van der Waals surface area (Å²) in [5.41, 5.74) is 1.53. The van der Waals surface area contributed by atoms with Crippen molar-refractivity contribution in [2.24, 2.45) is 0 Å². The van der Waals surface area contributed by atoms with Crippen molar-refractivity contribution >= 4 is 5.91 Å². The molecule has 1 aromatic heterocycles. The van der Waals surface area contributed by atoms with Gasteiger partial charge in [0.05, 0.1) is 12.2 Å². The first-order valence-electron chi connectivity index (χ1n) is 5.58. The van der Waals surface area contributed by atoms with Gasteiger partial charge in [-0.3, -0.25) is 9.78 Å². The number of hydrogen-bond acceptors (Lipinski definition) is 2. The summed E-state index contributed by atoms with van der Waals surface area (Å²) in [7, 11) is 0. The first kappa shape index (κ1) is 11.3. The minimum atomic E-state index is -0.0709. The van der Waals surface area contributed by atoms with Gasteiger partial charge in [-0.15, -0.1) is 0 Å². The minimum absolute atomic E-state index is 0.0709. The first-order valence-corrected chi connectivity index (χ1v) is 5.58. The lowest BCUT2D eigenvalue weighted by atomic mass is 10.2. The Morgan fingerprint density at radius 1 is 1.35 bits per heavy atom. The standard InChI is InChI=1S/C14H14N2O/c17-14(12-7-3-1-2-4-8-12)16-11-13-9-5-6-10-15-13/h1,3-10H,2,11H2,(H,16,17). The van der Waals surface area contributed by atoms with Crippen molar-refractivity contribution in [1.29, 1.82) is 0 Å². The molecule has 1 aliphatic carbocycles. The van der Waals surface area contributed by atoms with Crippen LogP contribution in [0.4, 0.5) is 0 Å². The van der Waals surface area contributed by atoms with Crippen LogP contribution >= 0.6 is 0 Å². The number of pyridine rings is 1. The summed E-state index contributed by atoms with van der Waals surface area (Å²) in [6, 6.07) is 5.65. The first-order chi connectivity index (χ1) is 8.36. The maximum atomic E-state index is 11.8. The number of carbonyl (C=O) groups excluding carboxylic acids is 1. The number of rotatable bonds is 3. The van der Waals surface area contributed by atoms with Crippen LogP contribution in [0.5, 0.6) is 0 Å². The van der Waals surface area contributed by atoms with Gasteiger partial charge in [0.15, 0.2) is 0 Å². The lowest BCUT2D eigenvalue weighted by molar-refractivity contribution is -0.117. The molecule has 0 bridgehead atoms. The second kappa shape index (κ2) is 5.80. The highest BCUT2D eigenvalue weighted by atomic mass is 16.1. The van der Waals surface area contributed by atoms with E-state index in [0.717, 1.165) is 12.1 Å². The molecule has 1 aromatic rings. The second-order valence-electron chi connectivity index (χ2n) is 3.69. The largest absolute Gasteiger partial charge is 0.346 e. The highest BCUT2D eigenvalue weighted by Gasteiger charge is 2.05. The van der Waals surface area contributed by atoms with E-state index < -0.39 is 0 Å². The number of nitrogens with zero attached hydrogens (tertiary/aromatic N) is 1. The van der Waals surface area contributed by atoms with Gasteiger partial charge in [0.1, 0.15) is 0 Å². The zero-order valence-corrected chi connectivity index (χ0v) is 9.47. The summed E-state index contributed by atoms with van der Waals surface area (Å²) in [5, 5.41) is 2.84. The van der Waals surface area contributed by atoms with Crippen molar-refractivity contribution in [2.45, 2.75) is 13.0 Å². The maximum absolute atomic E-state index is 11.8. The van der Waals surface area contributed by atoms with Gasteiger partial charge in [-0.25, -0.2) is 0 Å². The molecule has 0 atom stereocenters. The van der Waals surface area contributed by atoms with Gasteiger partial charge in [0.2, 0.25) is 0 Å². The van der Waals surface area contributed by atoms with Crippen molar-refractivity contribution in [3.05, 3.63) is 66.0 Å². The molecule has 1 amide bonds. The van der Waals surface area contributed by atoms with Crippen molar-refractivity contribution in [3.8, 4) is 0 Å². The van der Waals surface area contributed by atoms with Crippen LogP contribution in [0, 0.1) is 0 Å². The lowest BCUT2D eigenvalue weighted by Gasteiger charge is -2.04. The van der Waals surface area contributed by atoms with Gasteiger partial charge in [-0.05, 0) is 24.6 Å². The van der Waals surface area contributed by atoms with Crippen molar-refractivity contribution in [1.82, 2.24) is 10.3 Å². The predicted molar refractivity (Wildman–Crippen MR) is 67.1 cm³/mol. The van der Waals surface area contributed by atoms with Crippen LogP contribution in [0.3, 0.4) is 0 Å². The molecule has 1 N–H and O–H groups in total. The van der Waals surface area contributed by atoms with E-state index in [-0.39, 0.29) is 5.91 Å². The SMILES string of the molecule is O=C(NCc1ccccn1)C1=CC=CCC=C1. The molecule has 0 unspecified atom stereocenters. The van der Waals surface area contributed by atoms with E-state index in [0.29, 0.717) is 12.1 Å². The minimum Gasteiger partial charge on any atom is -0.346 e. The molecule has 1 aliphatic rings. The molecule has 17 heavy (non-hydrogen) atoms. The molecule has 0 spiro atoms. The van der Waals surface area contributed by atoms with E-state index in [9.17, 15) is 4.79 Å². The molecule has 2 rings (SSSR count). The van der Waals surface area contributed by atoms with Gasteiger partial charge in [0.25, 0.3) is 5.91 Å². The topological polar surface area (TPSA) is 42.0 Å². The van der Waals surface area contributed by atoms with Crippen LogP contribution in [-0.2, 0) is 11.3 Å². The Morgan fingerprint density at radius 2 is 2.29 bits per heavy atom. The normalized spacial score (nSPS) is 14.0. The third-order valence-electron chi connectivity index (χ3n) is 2.40. The lowest BCUT2D eigenvalue weighted by Crippen LogP contribution is -2.24. The Labute approximate surface area is 101 Å². The highest BCUT2D eigenvalue weighted by Crippen LogP contribution is 2.05. The summed E-state index contributed by atoms with van der Waals surface area (Å²) in [6.45, 7) is 0.453. The highest BCUT2D eigenvalue weighted by molar-refractivity contribution is 5.96. The molecule has 0 fully saturated rings. The number of allylic oxidation sites excluding steroid dienone is 4. The molecule has 3 heteroatoms. The number of carbonyl (C=O) groups is 1. The van der Waals surface area contributed by atoms with Crippen LogP contribution in [0.15, 0.2) is 60.3 Å².